The van der Waals surface area contributed by atoms with E-state index in [9.17, 15) is 19.1 Å². The fraction of sp³-hybridized carbons (Fsp3) is 0.300. The van der Waals surface area contributed by atoms with Crippen LogP contribution in [0.2, 0.25) is 0 Å². The van der Waals surface area contributed by atoms with Gasteiger partial charge >= 0.3 is 0 Å². The van der Waals surface area contributed by atoms with Crippen LogP contribution in [0.4, 0.5) is 5.69 Å². The summed E-state index contributed by atoms with van der Waals surface area (Å²) in [7, 11) is -1.57. The Balaban J connectivity index is 3.09. The molecule has 0 N–H and O–H groups in total. The highest BCUT2D eigenvalue weighted by atomic mass is 32.2. The molecule has 0 bridgehead atoms. The molecule has 0 saturated heterocycles. The van der Waals surface area contributed by atoms with Crippen molar-refractivity contribution in [3.8, 4) is 0 Å². The van der Waals surface area contributed by atoms with Gasteiger partial charge in [0.25, 0.3) is 11.6 Å². The number of hydrogen-bond donors (Lipinski definition) is 0. The van der Waals surface area contributed by atoms with Gasteiger partial charge in [0.1, 0.15) is 6.61 Å². The lowest BCUT2D eigenvalue weighted by Crippen LogP contribution is -2.08. The smallest absolute Gasteiger partial charge is 0.279 e. The normalized spacial score (nSPS) is 13.7. The van der Waals surface area contributed by atoms with Gasteiger partial charge in [0.15, 0.2) is 0 Å². The van der Waals surface area contributed by atoms with Gasteiger partial charge in [-0.05, 0) is 12.1 Å². The minimum Gasteiger partial charge on any atom is -0.375 e. The average molecular weight is 272 g/mol. The van der Waals surface area contributed by atoms with Crippen LogP contribution in [0.3, 0.4) is 0 Å². The number of amides is 1. The molecule has 8 heteroatoms. The molecule has 18 heavy (non-hydrogen) atoms. The Labute approximate surface area is 104 Å². The van der Waals surface area contributed by atoms with E-state index in [0.29, 0.717) is 0 Å². The number of nitrogens with zero attached hydrogens (tertiary/aromatic N) is 2. The number of nitro benzene ring substituents is 1. The molecular weight excluding hydrogens is 260 g/mol. The van der Waals surface area contributed by atoms with Gasteiger partial charge in [-0.25, -0.2) is 4.21 Å². The van der Waals surface area contributed by atoms with Crippen molar-refractivity contribution >= 4 is 21.3 Å². The Kier molecular flexibility index (Phi) is 4.51. The van der Waals surface area contributed by atoms with Crippen molar-refractivity contribution in [1.29, 1.82) is 0 Å². The highest BCUT2D eigenvalue weighted by molar-refractivity contribution is 7.93. The van der Waals surface area contributed by atoms with Gasteiger partial charge in [0, 0.05) is 30.4 Å². The molecule has 0 aliphatic rings. The van der Waals surface area contributed by atoms with Crippen LogP contribution in [0.1, 0.15) is 0 Å². The van der Waals surface area contributed by atoms with Crippen molar-refractivity contribution < 1.29 is 18.7 Å². The van der Waals surface area contributed by atoms with Crippen molar-refractivity contribution in [2.45, 2.75) is 4.90 Å². The van der Waals surface area contributed by atoms with E-state index in [4.69, 9.17) is 0 Å². The summed E-state index contributed by atoms with van der Waals surface area (Å²) < 4.78 is 20.3. The van der Waals surface area contributed by atoms with Crippen molar-refractivity contribution in [3.05, 3.63) is 34.4 Å². The van der Waals surface area contributed by atoms with Gasteiger partial charge in [0.2, 0.25) is 0 Å². The summed E-state index contributed by atoms with van der Waals surface area (Å²) in [6, 6.07) is 5.08. The third-order valence-electron chi connectivity index (χ3n) is 2.03. The van der Waals surface area contributed by atoms with Crippen LogP contribution in [-0.2, 0) is 19.3 Å². The van der Waals surface area contributed by atoms with E-state index in [1.165, 1.54) is 37.6 Å². The monoisotopic (exact) mass is 272 g/mol. The Morgan fingerprint density at radius 3 is 2.44 bits per heavy atom. The van der Waals surface area contributed by atoms with Crippen LogP contribution in [0.25, 0.3) is 0 Å². The van der Waals surface area contributed by atoms with Crippen LogP contribution in [0.15, 0.2) is 33.5 Å². The quantitative estimate of drug-likeness (QED) is 0.606. The first-order valence-electron chi connectivity index (χ1n) is 4.85. The van der Waals surface area contributed by atoms with Crippen molar-refractivity contribution in [2.24, 2.45) is 4.36 Å². The van der Waals surface area contributed by atoms with E-state index in [-0.39, 0.29) is 17.2 Å². The molecule has 0 aromatic heterocycles. The number of carbonyl (C=O) groups is 1. The molecule has 0 fully saturated rings. The molecule has 0 aliphatic carbocycles. The molecular formula is C10H12N2O5S. The number of hydrogen-bond acceptors (Lipinski definition) is 5. The van der Waals surface area contributed by atoms with Crippen LogP contribution in [0.5, 0.6) is 0 Å². The number of carbonyl (C=O) groups excluding carboxylic acids is 1. The minimum atomic E-state index is -2.90. The van der Waals surface area contributed by atoms with Gasteiger partial charge in [-0.1, -0.05) is 0 Å². The fourth-order valence-corrected chi connectivity index (χ4v) is 2.40. The summed E-state index contributed by atoms with van der Waals surface area (Å²) in [6.45, 7) is -0.252. The molecule has 0 radical (unpaired) electrons. The van der Waals surface area contributed by atoms with Gasteiger partial charge in [-0.3, -0.25) is 14.9 Å². The molecule has 1 unspecified atom stereocenters. The number of ether oxygens (including phenoxy) is 1. The largest absolute Gasteiger partial charge is 0.375 e. The summed E-state index contributed by atoms with van der Waals surface area (Å²) in [5.41, 5.74) is -0.114. The maximum atomic E-state index is 12.1. The van der Waals surface area contributed by atoms with E-state index in [1.807, 2.05) is 0 Å². The van der Waals surface area contributed by atoms with Gasteiger partial charge in [-0.2, -0.15) is 4.36 Å². The zero-order chi connectivity index (χ0) is 13.8. The van der Waals surface area contributed by atoms with Gasteiger partial charge in [0.05, 0.1) is 14.7 Å². The summed E-state index contributed by atoms with van der Waals surface area (Å²) >= 11 is 0. The number of non-ortho nitro benzene ring substituents is 1. The van der Waals surface area contributed by atoms with Crippen molar-refractivity contribution in [2.75, 3.05) is 20.0 Å². The van der Waals surface area contributed by atoms with E-state index in [0.717, 1.165) is 0 Å². The van der Waals surface area contributed by atoms with Crippen molar-refractivity contribution in [1.82, 2.24) is 0 Å². The lowest BCUT2D eigenvalue weighted by atomic mass is 10.3. The molecule has 1 aromatic rings. The Hall–Kier alpha value is -1.80. The maximum absolute atomic E-state index is 12.1. The first kappa shape index (κ1) is 14.3. The van der Waals surface area contributed by atoms with E-state index < -0.39 is 20.6 Å². The number of nitro groups is 1. The second kappa shape index (κ2) is 5.69. The highest BCUT2D eigenvalue weighted by Gasteiger charge is 2.11. The Morgan fingerprint density at radius 2 is 2.00 bits per heavy atom. The first-order chi connectivity index (χ1) is 8.36. The standard InChI is InChI=1S/C10H12N2O5S/c1-17-7-10(13)11-18(2,16)9-5-3-8(4-6-9)12(14)15/h3-6H,7H2,1-2H3. The second-order valence-corrected chi connectivity index (χ2v) is 5.73. The van der Waals surface area contributed by atoms with Crippen LogP contribution in [0, 0.1) is 10.1 Å². The lowest BCUT2D eigenvalue weighted by molar-refractivity contribution is -0.384. The van der Waals surface area contributed by atoms with E-state index in [2.05, 4.69) is 9.10 Å². The summed E-state index contributed by atoms with van der Waals surface area (Å²) in [4.78, 5) is 21.4. The Morgan fingerprint density at radius 1 is 1.44 bits per heavy atom. The van der Waals surface area contributed by atoms with Crippen LogP contribution >= 0.6 is 0 Å². The number of benzene rings is 1. The molecule has 1 atom stereocenters. The SMILES string of the molecule is COCC(=O)N=S(C)(=O)c1ccc([N+](=O)[O-])cc1. The molecule has 0 aliphatic heterocycles. The molecule has 1 rings (SSSR count). The average Bonchev–Trinajstić information content (AvgIpc) is 2.28. The first-order valence-corrected chi connectivity index (χ1v) is 6.77. The molecule has 1 aromatic carbocycles. The third-order valence-corrected chi connectivity index (χ3v) is 3.73. The molecule has 0 saturated carbocycles. The summed E-state index contributed by atoms with van der Waals surface area (Å²) in [6.07, 6.45) is 1.29. The highest BCUT2D eigenvalue weighted by Crippen LogP contribution is 2.17. The van der Waals surface area contributed by atoms with Crippen LogP contribution < -0.4 is 0 Å². The summed E-state index contributed by atoms with van der Waals surface area (Å²) in [5, 5.41) is 10.5. The van der Waals surface area contributed by atoms with Gasteiger partial charge in [-0.15, -0.1) is 0 Å². The fourth-order valence-electron chi connectivity index (χ4n) is 1.22. The predicted molar refractivity (Wildman–Crippen MR) is 64.7 cm³/mol. The third kappa shape index (κ3) is 3.60. The van der Waals surface area contributed by atoms with Gasteiger partial charge < -0.3 is 4.74 Å². The summed E-state index contributed by atoms with van der Waals surface area (Å²) in [5.74, 6) is -0.636. The number of methoxy groups -OCH3 is 1. The molecule has 7 nitrogen and oxygen atoms in total. The topological polar surface area (TPSA) is 98.9 Å². The minimum absolute atomic E-state index is 0.114. The Bertz CT molecular complexity index is 572. The zero-order valence-electron chi connectivity index (χ0n) is 9.86. The lowest BCUT2D eigenvalue weighted by Gasteiger charge is -2.03. The van der Waals surface area contributed by atoms with E-state index >= 15 is 0 Å². The molecule has 0 spiro atoms. The maximum Gasteiger partial charge on any atom is 0.279 e. The molecule has 1 amide bonds. The second-order valence-electron chi connectivity index (χ2n) is 3.47. The number of rotatable bonds is 4. The molecule has 98 valence electrons. The van der Waals surface area contributed by atoms with Crippen molar-refractivity contribution in [3.63, 3.8) is 0 Å². The molecule has 0 heterocycles. The van der Waals surface area contributed by atoms with Crippen LogP contribution in [-0.4, -0.2) is 35.0 Å². The predicted octanol–water partition coefficient (Wildman–Crippen LogP) is 1.22. The zero-order valence-corrected chi connectivity index (χ0v) is 10.7. The van der Waals surface area contributed by atoms with E-state index in [1.54, 1.807) is 0 Å².